The average molecular weight is 585 g/mol. The van der Waals surface area contributed by atoms with Crippen LogP contribution in [-0.4, -0.2) is 34.9 Å². The molecule has 0 aromatic heterocycles. The van der Waals surface area contributed by atoms with Gasteiger partial charge in [0.05, 0.1) is 11.0 Å². The Bertz CT molecular complexity index is 1070. The van der Waals surface area contributed by atoms with E-state index in [1.165, 1.54) is 24.5 Å². The summed E-state index contributed by atoms with van der Waals surface area (Å²) in [5, 5.41) is 10.9. The SMILES string of the molecule is C=C1CC[C@@H]2[C@](C)(CCC[C@]2(C)C(=O)OC2(C)CCCC3(C)CCC(C(C)(C)O)CC32)[C@H]1CC/C(C)=C/COC(C)=O. The molecule has 0 bridgehead atoms. The number of hydrogen-bond donors (Lipinski definition) is 1. The number of esters is 2. The standard InChI is InChI=1S/C37H60O5/c1-25(17-23-41-27(3)38)12-14-29-26(2)13-15-30-35(29,7)19-11-20-36(30,8)32(39)42-37(9)21-10-18-34(6)22-16-28(24-31(34)37)33(4,5)40/h17,28-31,40H,2,10-16,18-24H2,1,3-9H3/b25-17+/t28?,29-,30+,31?,34?,35+,36-,37?/m0/s1. The van der Waals surface area contributed by atoms with Crippen molar-refractivity contribution < 1.29 is 24.2 Å². The highest BCUT2D eigenvalue weighted by atomic mass is 16.6. The van der Waals surface area contributed by atoms with E-state index < -0.39 is 16.6 Å². The average Bonchev–Trinajstić information content (AvgIpc) is 2.87. The van der Waals surface area contributed by atoms with E-state index in [1.54, 1.807) is 0 Å². The molecule has 4 fully saturated rings. The van der Waals surface area contributed by atoms with Crippen LogP contribution in [0.2, 0.25) is 0 Å². The molecule has 0 aromatic rings. The Morgan fingerprint density at radius 3 is 2.36 bits per heavy atom. The van der Waals surface area contributed by atoms with Crippen molar-refractivity contribution in [3.63, 3.8) is 0 Å². The second-order valence-electron chi connectivity index (χ2n) is 16.4. The number of carbonyl (C=O) groups is 2. The molecule has 238 valence electrons. The normalized spacial score (nSPS) is 41.0. The Hall–Kier alpha value is -1.62. The van der Waals surface area contributed by atoms with Crippen LogP contribution in [0.5, 0.6) is 0 Å². The van der Waals surface area contributed by atoms with E-state index in [-0.39, 0.29) is 40.5 Å². The van der Waals surface area contributed by atoms with Gasteiger partial charge in [-0.3, -0.25) is 9.59 Å². The number of rotatable bonds is 8. The van der Waals surface area contributed by atoms with Crippen molar-refractivity contribution in [2.75, 3.05) is 6.61 Å². The summed E-state index contributed by atoms with van der Waals surface area (Å²) in [7, 11) is 0. The molecule has 0 aromatic carbocycles. The second kappa shape index (κ2) is 12.1. The van der Waals surface area contributed by atoms with Crippen LogP contribution in [0.25, 0.3) is 0 Å². The zero-order valence-corrected chi connectivity index (χ0v) is 28.1. The zero-order chi connectivity index (χ0) is 31.1. The Morgan fingerprint density at radius 2 is 1.69 bits per heavy atom. The number of carbonyl (C=O) groups excluding carboxylic acids is 2. The molecule has 8 atom stereocenters. The molecule has 0 heterocycles. The van der Waals surface area contributed by atoms with Crippen molar-refractivity contribution >= 4 is 11.9 Å². The van der Waals surface area contributed by atoms with Gasteiger partial charge >= 0.3 is 11.9 Å². The molecule has 0 radical (unpaired) electrons. The maximum atomic E-state index is 14.5. The lowest BCUT2D eigenvalue weighted by Gasteiger charge is -2.60. The molecule has 5 nitrogen and oxygen atoms in total. The summed E-state index contributed by atoms with van der Waals surface area (Å²) in [6, 6.07) is 0. The van der Waals surface area contributed by atoms with E-state index in [0.717, 1.165) is 77.0 Å². The maximum Gasteiger partial charge on any atom is 0.312 e. The predicted molar refractivity (Wildman–Crippen MR) is 169 cm³/mol. The summed E-state index contributed by atoms with van der Waals surface area (Å²) in [5.74, 6) is 0.889. The molecule has 5 heteroatoms. The zero-order valence-electron chi connectivity index (χ0n) is 28.1. The molecule has 0 aliphatic heterocycles. The van der Waals surface area contributed by atoms with Crippen LogP contribution < -0.4 is 0 Å². The largest absolute Gasteiger partial charge is 0.462 e. The van der Waals surface area contributed by atoms with Gasteiger partial charge in [0.2, 0.25) is 0 Å². The van der Waals surface area contributed by atoms with Gasteiger partial charge in [-0.1, -0.05) is 38.0 Å². The van der Waals surface area contributed by atoms with E-state index in [9.17, 15) is 14.7 Å². The predicted octanol–water partition coefficient (Wildman–Crippen LogP) is 8.73. The summed E-state index contributed by atoms with van der Waals surface area (Å²) in [6.07, 6.45) is 15.2. The van der Waals surface area contributed by atoms with Gasteiger partial charge in [-0.25, -0.2) is 0 Å². The van der Waals surface area contributed by atoms with E-state index in [0.29, 0.717) is 12.5 Å². The van der Waals surface area contributed by atoms with Crippen LogP contribution in [0, 0.1) is 39.9 Å². The molecule has 4 rings (SSSR count). The Balaban J connectivity index is 1.53. The highest BCUT2D eigenvalue weighted by Crippen LogP contribution is 2.63. The van der Waals surface area contributed by atoms with Crippen molar-refractivity contribution in [3.05, 3.63) is 23.8 Å². The van der Waals surface area contributed by atoms with Gasteiger partial charge in [0.25, 0.3) is 0 Å². The van der Waals surface area contributed by atoms with Gasteiger partial charge in [-0.15, -0.1) is 0 Å². The minimum absolute atomic E-state index is 0.0103. The summed E-state index contributed by atoms with van der Waals surface area (Å²) >= 11 is 0. The van der Waals surface area contributed by atoms with Gasteiger partial charge in [0, 0.05) is 12.8 Å². The molecule has 42 heavy (non-hydrogen) atoms. The van der Waals surface area contributed by atoms with Crippen LogP contribution in [0.4, 0.5) is 0 Å². The number of allylic oxidation sites excluding steroid dienone is 2. The highest BCUT2D eigenvalue weighted by molar-refractivity contribution is 5.78. The first kappa shape index (κ1) is 33.3. The van der Waals surface area contributed by atoms with Gasteiger partial charge in [-0.05, 0) is 146 Å². The summed E-state index contributed by atoms with van der Waals surface area (Å²) in [4.78, 5) is 25.7. The fourth-order valence-electron chi connectivity index (χ4n) is 10.3. The molecule has 1 N–H and O–H groups in total. The lowest BCUT2D eigenvalue weighted by molar-refractivity contribution is -0.209. The molecular weight excluding hydrogens is 524 g/mol. The Labute approximate surface area is 256 Å². The van der Waals surface area contributed by atoms with Crippen LogP contribution in [0.1, 0.15) is 139 Å². The molecule has 0 saturated heterocycles. The molecule has 4 aliphatic carbocycles. The van der Waals surface area contributed by atoms with Crippen molar-refractivity contribution in [2.24, 2.45) is 39.9 Å². The van der Waals surface area contributed by atoms with Gasteiger partial charge in [0.15, 0.2) is 0 Å². The van der Waals surface area contributed by atoms with Crippen molar-refractivity contribution in [1.29, 1.82) is 0 Å². The summed E-state index contributed by atoms with van der Waals surface area (Å²) in [5.41, 5.74) is 1.02. The summed E-state index contributed by atoms with van der Waals surface area (Å²) in [6.45, 7) is 21.6. The minimum atomic E-state index is -0.714. The van der Waals surface area contributed by atoms with E-state index in [1.807, 2.05) is 19.9 Å². The quantitative estimate of drug-likeness (QED) is 0.228. The first-order valence-corrected chi connectivity index (χ1v) is 16.9. The molecule has 0 amide bonds. The highest BCUT2D eigenvalue weighted by Gasteiger charge is 2.60. The fourth-order valence-corrected chi connectivity index (χ4v) is 10.3. The molecule has 4 unspecified atom stereocenters. The number of hydrogen-bond acceptors (Lipinski definition) is 5. The van der Waals surface area contributed by atoms with Crippen molar-refractivity contribution in [1.82, 2.24) is 0 Å². The third-order valence-electron chi connectivity index (χ3n) is 12.9. The molecule has 0 spiro atoms. The van der Waals surface area contributed by atoms with Gasteiger partial charge in [0.1, 0.15) is 12.2 Å². The number of aliphatic hydroxyl groups is 1. The fraction of sp³-hybridized carbons (Fsp3) is 0.838. The lowest BCUT2D eigenvalue weighted by Crippen LogP contribution is -2.58. The Morgan fingerprint density at radius 1 is 1.00 bits per heavy atom. The Kier molecular flexibility index (Phi) is 9.55. The van der Waals surface area contributed by atoms with Gasteiger partial charge in [-0.2, -0.15) is 0 Å². The first-order valence-electron chi connectivity index (χ1n) is 16.9. The monoisotopic (exact) mass is 584 g/mol. The minimum Gasteiger partial charge on any atom is -0.462 e. The number of fused-ring (bicyclic) bond motifs is 2. The van der Waals surface area contributed by atoms with Gasteiger partial charge < -0.3 is 14.6 Å². The van der Waals surface area contributed by atoms with Crippen molar-refractivity contribution in [3.8, 4) is 0 Å². The summed E-state index contributed by atoms with van der Waals surface area (Å²) < 4.78 is 12.0. The second-order valence-corrected chi connectivity index (χ2v) is 16.4. The topological polar surface area (TPSA) is 72.8 Å². The third-order valence-corrected chi connectivity index (χ3v) is 12.9. The van der Waals surface area contributed by atoms with Crippen LogP contribution in [0.15, 0.2) is 23.8 Å². The molecular formula is C37H60O5. The maximum absolute atomic E-state index is 14.5. The van der Waals surface area contributed by atoms with E-state index in [2.05, 4.69) is 41.2 Å². The molecule has 4 aliphatic rings. The van der Waals surface area contributed by atoms with Crippen LogP contribution in [-0.2, 0) is 19.1 Å². The lowest BCUT2D eigenvalue weighted by atomic mass is 9.46. The molecule has 4 saturated carbocycles. The van der Waals surface area contributed by atoms with E-state index in [4.69, 9.17) is 9.47 Å². The van der Waals surface area contributed by atoms with Crippen molar-refractivity contribution in [2.45, 2.75) is 150 Å². The number of ether oxygens (including phenoxy) is 2. The smallest absolute Gasteiger partial charge is 0.312 e. The van der Waals surface area contributed by atoms with E-state index >= 15 is 0 Å². The first-order chi connectivity index (χ1) is 19.4. The van der Waals surface area contributed by atoms with Crippen LogP contribution in [0.3, 0.4) is 0 Å². The van der Waals surface area contributed by atoms with Crippen LogP contribution >= 0.6 is 0 Å². The third kappa shape index (κ3) is 6.42.